The summed E-state index contributed by atoms with van der Waals surface area (Å²) in [6.45, 7) is 3.06. The van der Waals surface area contributed by atoms with Crippen LogP contribution in [0.4, 0.5) is 0 Å². The lowest BCUT2D eigenvalue weighted by molar-refractivity contribution is -0.122. The van der Waals surface area contributed by atoms with E-state index in [2.05, 4.69) is 10.6 Å². The van der Waals surface area contributed by atoms with Crippen molar-refractivity contribution in [1.29, 1.82) is 0 Å². The minimum Gasteiger partial charge on any atom is -0.356 e. The molecular formula is C14H25ClN2O. The van der Waals surface area contributed by atoms with Crippen molar-refractivity contribution < 1.29 is 4.79 Å². The minimum atomic E-state index is 0. The second-order valence-corrected chi connectivity index (χ2v) is 6.30. The highest BCUT2D eigenvalue weighted by atomic mass is 35.5. The SMILES string of the molecule is Cl.O=C(CC1CCNC1)NCC1CC2CCC1C2. The molecular weight excluding hydrogens is 248 g/mol. The third-order valence-electron chi connectivity index (χ3n) is 5.08. The minimum absolute atomic E-state index is 0. The lowest BCUT2D eigenvalue weighted by Crippen LogP contribution is -2.32. The highest BCUT2D eigenvalue weighted by Crippen LogP contribution is 2.47. The first-order chi connectivity index (χ1) is 8.31. The first-order valence-electron chi connectivity index (χ1n) is 7.28. The summed E-state index contributed by atoms with van der Waals surface area (Å²) >= 11 is 0. The quantitative estimate of drug-likeness (QED) is 0.822. The number of carbonyl (C=O) groups is 1. The van der Waals surface area contributed by atoms with Crippen LogP contribution in [-0.4, -0.2) is 25.5 Å². The molecule has 4 unspecified atom stereocenters. The first kappa shape index (κ1) is 14.1. The van der Waals surface area contributed by atoms with E-state index in [1.165, 1.54) is 32.1 Å². The standard InChI is InChI=1S/C14H24N2O.ClH/c17-14(7-11-3-4-15-8-11)16-9-13-6-10-1-2-12(13)5-10;/h10-13,15H,1-9H2,(H,16,17);1H. The Morgan fingerprint density at radius 3 is 2.72 bits per heavy atom. The smallest absolute Gasteiger partial charge is 0.220 e. The summed E-state index contributed by atoms with van der Waals surface area (Å²) in [5.41, 5.74) is 0. The topological polar surface area (TPSA) is 41.1 Å². The summed E-state index contributed by atoms with van der Waals surface area (Å²) in [5.74, 6) is 3.56. The van der Waals surface area contributed by atoms with Gasteiger partial charge in [0.1, 0.15) is 0 Å². The molecule has 18 heavy (non-hydrogen) atoms. The Morgan fingerprint density at radius 1 is 1.22 bits per heavy atom. The average molecular weight is 273 g/mol. The van der Waals surface area contributed by atoms with Crippen molar-refractivity contribution in [2.24, 2.45) is 23.7 Å². The number of fused-ring (bicyclic) bond motifs is 2. The van der Waals surface area contributed by atoms with E-state index in [-0.39, 0.29) is 18.3 Å². The number of hydrogen-bond donors (Lipinski definition) is 2. The van der Waals surface area contributed by atoms with Gasteiger partial charge in [0.15, 0.2) is 0 Å². The van der Waals surface area contributed by atoms with Crippen LogP contribution >= 0.6 is 12.4 Å². The fourth-order valence-corrected chi connectivity index (χ4v) is 4.09. The van der Waals surface area contributed by atoms with Gasteiger partial charge in [0.2, 0.25) is 5.91 Å². The van der Waals surface area contributed by atoms with Crippen molar-refractivity contribution in [2.45, 2.75) is 38.5 Å². The van der Waals surface area contributed by atoms with Gasteiger partial charge in [-0.3, -0.25) is 4.79 Å². The third kappa shape index (κ3) is 3.18. The number of nitrogens with one attached hydrogen (secondary N) is 2. The van der Waals surface area contributed by atoms with Crippen LogP contribution in [0.5, 0.6) is 0 Å². The highest BCUT2D eigenvalue weighted by molar-refractivity contribution is 5.85. The van der Waals surface area contributed by atoms with Gasteiger partial charge in [0, 0.05) is 13.0 Å². The van der Waals surface area contributed by atoms with Crippen LogP contribution < -0.4 is 10.6 Å². The molecule has 1 heterocycles. The second-order valence-electron chi connectivity index (χ2n) is 6.30. The molecule has 3 nitrogen and oxygen atoms in total. The first-order valence-corrected chi connectivity index (χ1v) is 7.28. The van der Waals surface area contributed by atoms with Gasteiger partial charge in [-0.25, -0.2) is 0 Å². The number of carbonyl (C=O) groups excluding carboxylic acids is 1. The maximum atomic E-state index is 11.8. The molecule has 2 N–H and O–H groups in total. The van der Waals surface area contributed by atoms with E-state index >= 15 is 0 Å². The molecule has 0 radical (unpaired) electrons. The summed E-state index contributed by atoms with van der Waals surface area (Å²) in [7, 11) is 0. The molecule has 3 aliphatic rings. The zero-order valence-corrected chi connectivity index (χ0v) is 11.8. The van der Waals surface area contributed by atoms with Crippen LogP contribution in [0.2, 0.25) is 0 Å². The van der Waals surface area contributed by atoms with Crippen molar-refractivity contribution >= 4 is 18.3 Å². The van der Waals surface area contributed by atoms with Crippen molar-refractivity contribution in [2.75, 3.05) is 19.6 Å². The number of hydrogen-bond acceptors (Lipinski definition) is 2. The van der Waals surface area contributed by atoms with Gasteiger partial charge < -0.3 is 10.6 Å². The molecule has 0 aromatic carbocycles. The molecule has 0 aromatic rings. The molecule has 2 bridgehead atoms. The van der Waals surface area contributed by atoms with Crippen LogP contribution in [0, 0.1) is 23.7 Å². The van der Waals surface area contributed by atoms with Gasteiger partial charge in [-0.1, -0.05) is 6.42 Å². The van der Waals surface area contributed by atoms with E-state index in [0.29, 0.717) is 5.92 Å². The fourth-order valence-electron chi connectivity index (χ4n) is 4.09. The van der Waals surface area contributed by atoms with Crippen LogP contribution in [-0.2, 0) is 4.79 Å². The summed E-state index contributed by atoms with van der Waals surface area (Å²) in [5, 5.41) is 6.49. The fraction of sp³-hybridized carbons (Fsp3) is 0.929. The van der Waals surface area contributed by atoms with Crippen LogP contribution in [0.15, 0.2) is 0 Å². The molecule has 2 saturated carbocycles. The molecule has 1 saturated heterocycles. The van der Waals surface area contributed by atoms with E-state index in [4.69, 9.17) is 0 Å². The molecule has 0 aromatic heterocycles. The molecule has 3 fully saturated rings. The molecule has 3 rings (SSSR count). The predicted molar refractivity (Wildman–Crippen MR) is 74.8 cm³/mol. The van der Waals surface area contributed by atoms with Gasteiger partial charge in [0.25, 0.3) is 0 Å². The van der Waals surface area contributed by atoms with E-state index in [9.17, 15) is 4.79 Å². The maximum absolute atomic E-state index is 11.8. The van der Waals surface area contributed by atoms with Crippen molar-refractivity contribution in [3.05, 3.63) is 0 Å². The number of halogens is 1. The van der Waals surface area contributed by atoms with Gasteiger partial charge in [-0.15, -0.1) is 12.4 Å². The van der Waals surface area contributed by atoms with Crippen LogP contribution in [0.3, 0.4) is 0 Å². The van der Waals surface area contributed by atoms with Gasteiger partial charge in [-0.2, -0.15) is 0 Å². The van der Waals surface area contributed by atoms with E-state index in [1.807, 2.05) is 0 Å². The Hall–Kier alpha value is -0.280. The predicted octanol–water partition coefficient (Wildman–Crippen LogP) is 1.96. The van der Waals surface area contributed by atoms with Crippen molar-refractivity contribution in [3.63, 3.8) is 0 Å². The zero-order valence-electron chi connectivity index (χ0n) is 11.0. The Balaban J connectivity index is 0.00000120. The summed E-state index contributed by atoms with van der Waals surface area (Å²) in [6.07, 6.45) is 7.57. The summed E-state index contributed by atoms with van der Waals surface area (Å²) < 4.78 is 0. The molecule has 4 heteroatoms. The summed E-state index contributed by atoms with van der Waals surface area (Å²) in [4.78, 5) is 11.8. The summed E-state index contributed by atoms with van der Waals surface area (Å²) in [6, 6.07) is 0. The molecule has 1 amide bonds. The molecule has 4 atom stereocenters. The number of amides is 1. The largest absolute Gasteiger partial charge is 0.356 e. The van der Waals surface area contributed by atoms with Gasteiger partial charge >= 0.3 is 0 Å². The van der Waals surface area contributed by atoms with Gasteiger partial charge in [-0.05, 0) is 62.4 Å². The molecule has 104 valence electrons. The Bertz CT molecular complexity index is 292. The zero-order chi connectivity index (χ0) is 11.7. The third-order valence-corrected chi connectivity index (χ3v) is 5.08. The van der Waals surface area contributed by atoms with Crippen LogP contribution in [0.1, 0.15) is 38.5 Å². The van der Waals surface area contributed by atoms with E-state index in [0.717, 1.165) is 43.8 Å². The van der Waals surface area contributed by atoms with Crippen molar-refractivity contribution in [3.8, 4) is 0 Å². The monoisotopic (exact) mass is 272 g/mol. The Kier molecular flexibility index (Phi) is 4.91. The van der Waals surface area contributed by atoms with E-state index < -0.39 is 0 Å². The van der Waals surface area contributed by atoms with Crippen molar-refractivity contribution in [1.82, 2.24) is 10.6 Å². The lowest BCUT2D eigenvalue weighted by Gasteiger charge is -2.22. The lowest BCUT2D eigenvalue weighted by atomic mass is 9.89. The van der Waals surface area contributed by atoms with Crippen LogP contribution in [0.25, 0.3) is 0 Å². The van der Waals surface area contributed by atoms with E-state index in [1.54, 1.807) is 0 Å². The Morgan fingerprint density at radius 2 is 2.11 bits per heavy atom. The average Bonchev–Trinajstić information content (AvgIpc) is 3.02. The second kappa shape index (κ2) is 6.25. The molecule has 1 aliphatic heterocycles. The molecule has 2 aliphatic carbocycles. The number of rotatable bonds is 4. The van der Waals surface area contributed by atoms with Gasteiger partial charge in [0.05, 0.1) is 0 Å². The molecule has 0 spiro atoms. The maximum Gasteiger partial charge on any atom is 0.220 e. The Labute approximate surface area is 116 Å². The normalized spacial score (nSPS) is 37.6. The highest BCUT2D eigenvalue weighted by Gasteiger charge is 2.39.